The first-order valence-corrected chi connectivity index (χ1v) is 7.03. The Morgan fingerprint density at radius 1 is 1.38 bits per heavy atom. The molecule has 0 amide bonds. The number of hydrogen-bond donors (Lipinski definition) is 0. The molecule has 0 radical (unpaired) electrons. The van der Waals surface area contributed by atoms with Crippen molar-refractivity contribution < 1.29 is 9.09 Å². The van der Waals surface area contributed by atoms with Gasteiger partial charge < -0.3 is 4.52 Å². The van der Waals surface area contributed by atoms with Crippen LogP contribution in [0.15, 0.2) is 0 Å². The van der Waals surface area contributed by atoms with Gasteiger partial charge in [-0.15, -0.1) is 0 Å². The van der Waals surface area contributed by atoms with Crippen molar-refractivity contribution in [1.29, 1.82) is 0 Å². The third-order valence-corrected chi connectivity index (χ3v) is 5.04. The van der Waals surface area contributed by atoms with E-state index in [1.807, 2.05) is 6.92 Å². The number of hydrogen-bond acceptors (Lipinski definition) is 3. The Hall–Kier alpha value is 0.150. The summed E-state index contributed by atoms with van der Waals surface area (Å²) in [5.41, 5.74) is 0. The van der Waals surface area contributed by atoms with Crippen LogP contribution in [0.5, 0.6) is 0 Å². The number of nitrogens with zero attached hydrogens (tertiary/aromatic N) is 1. The van der Waals surface area contributed by atoms with E-state index in [2.05, 4.69) is 18.7 Å². The van der Waals surface area contributed by atoms with E-state index in [1.54, 1.807) is 0 Å². The third-order valence-electron chi connectivity index (χ3n) is 2.55. The Kier molecular flexibility index (Phi) is 3.96. The first-order valence-electron chi connectivity index (χ1n) is 5.04. The average Bonchev–Trinajstić information content (AvgIpc) is 2.05. The minimum atomic E-state index is -2.23. The van der Waals surface area contributed by atoms with E-state index in [1.165, 1.54) is 0 Å². The average molecular weight is 205 g/mol. The largest absolute Gasteiger partial charge is 0.329 e. The molecule has 1 fully saturated rings. The smallest absolute Gasteiger partial charge is 0.205 e. The molecular weight excluding hydrogens is 185 g/mol. The van der Waals surface area contributed by atoms with E-state index >= 15 is 0 Å². The molecule has 0 aromatic heterocycles. The summed E-state index contributed by atoms with van der Waals surface area (Å²) in [6.45, 7) is 8.70. The van der Waals surface area contributed by atoms with Crippen molar-refractivity contribution in [3.8, 4) is 0 Å². The van der Waals surface area contributed by atoms with Crippen molar-refractivity contribution in [1.82, 2.24) is 4.90 Å². The van der Waals surface area contributed by atoms with Crippen LogP contribution in [0.4, 0.5) is 0 Å². The molecule has 0 unspecified atom stereocenters. The third kappa shape index (κ3) is 3.08. The Morgan fingerprint density at radius 2 is 1.92 bits per heavy atom. The molecule has 0 atom stereocenters. The summed E-state index contributed by atoms with van der Waals surface area (Å²) in [6.07, 6.45) is 1.47. The van der Waals surface area contributed by atoms with Gasteiger partial charge in [-0.05, 0) is 20.8 Å². The molecule has 0 spiro atoms. The lowest BCUT2D eigenvalue weighted by molar-refractivity contribution is 0.224. The van der Waals surface area contributed by atoms with E-state index in [4.69, 9.17) is 4.52 Å². The highest BCUT2D eigenvalue weighted by Crippen LogP contribution is 2.48. The maximum Gasteiger partial charge on any atom is 0.205 e. The second-order valence-corrected chi connectivity index (χ2v) is 6.59. The zero-order chi connectivity index (χ0) is 9.90. The first-order chi connectivity index (χ1) is 6.07. The quantitative estimate of drug-likeness (QED) is 0.660. The minimum absolute atomic E-state index is 0.565. The molecular formula is C9H20NO2P. The Balaban J connectivity index is 2.42. The fraction of sp³-hybridized carbons (Fsp3) is 1.00. The first kappa shape index (κ1) is 11.2. The molecule has 0 saturated carbocycles. The molecule has 1 aliphatic rings. The zero-order valence-corrected chi connectivity index (χ0v) is 9.72. The molecule has 0 aromatic carbocycles. The Morgan fingerprint density at radius 3 is 2.31 bits per heavy atom. The van der Waals surface area contributed by atoms with Gasteiger partial charge in [0, 0.05) is 31.5 Å². The van der Waals surface area contributed by atoms with Gasteiger partial charge in [-0.25, -0.2) is 0 Å². The van der Waals surface area contributed by atoms with Crippen molar-refractivity contribution in [3.05, 3.63) is 0 Å². The molecule has 0 aromatic rings. The highest BCUT2D eigenvalue weighted by atomic mass is 31.2. The summed E-state index contributed by atoms with van der Waals surface area (Å²) >= 11 is 0. The van der Waals surface area contributed by atoms with Gasteiger partial charge in [0.1, 0.15) is 0 Å². The highest BCUT2D eigenvalue weighted by molar-refractivity contribution is 7.59. The molecule has 0 N–H and O–H groups in total. The Labute approximate surface area is 80.9 Å². The lowest BCUT2D eigenvalue weighted by Gasteiger charge is -2.34. The van der Waals surface area contributed by atoms with Gasteiger partial charge in [-0.1, -0.05) is 0 Å². The predicted molar refractivity (Wildman–Crippen MR) is 55.7 cm³/mol. The topological polar surface area (TPSA) is 29.5 Å². The summed E-state index contributed by atoms with van der Waals surface area (Å²) < 4.78 is 17.3. The van der Waals surface area contributed by atoms with E-state index in [-0.39, 0.29) is 0 Å². The second kappa shape index (κ2) is 4.59. The second-order valence-electron chi connectivity index (χ2n) is 3.81. The minimum Gasteiger partial charge on any atom is -0.329 e. The van der Waals surface area contributed by atoms with Crippen molar-refractivity contribution in [2.75, 3.05) is 32.0 Å². The summed E-state index contributed by atoms with van der Waals surface area (Å²) in [4.78, 5) is 2.36. The molecule has 3 nitrogen and oxygen atoms in total. The van der Waals surface area contributed by atoms with Crippen molar-refractivity contribution in [2.45, 2.75) is 26.8 Å². The standard InChI is InChI=1S/C9H20NO2P/c1-4-12-13(11)7-5-10(6-8-13)9(2)3/h9H,4-8H2,1-3H3. The fourth-order valence-corrected chi connectivity index (χ4v) is 3.74. The highest BCUT2D eigenvalue weighted by Gasteiger charge is 2.29. The van der Waals surface area contributed by atoms with E-state index in [0.717, 1.165) is 25.4 Å². The van der Waals surface area contributed by atoms with Crippen molar-refractivity contribution in [2.24, 2.45) is 0 Å². The lowest BCUT2D eigenvalue weighted by Crippen LogP contribution is -2.39. The van der Waals surface area contributed by atoms with Gasteiger partial charge in [-0.2, -0.15) is 0 Å². The van der Waals surface area contributed by atoms with Crippen LogP contribution in [-0.4, -0.2) is 43.0 Å². The lowest BCUT2D eigenvalue weighted by atomic mass is 10.3. The van der Waals surface area contributed by atoms with Crippen LogP contribution in [0.1, 0.15) is 20.8 Å². The van der Waals surface area contributed by atoms with Gasteiger partial charge in [0.05, 0.1) is 6.61 Å². The van der Waals surface area contributed by atoms with Crippen LogP contribution < -0.4 is 0 Å². The van der Waals surface area contributed by atoms with Crippen LogP contribution in [0.3, 0.4) is 0 Å². The monoisotopic (exact) mass is 205 g/mol. The predicted octanol–water partition coefficient (Wildman–Crippen LogP) is 2.03. The van der Waals surface area contributed by atoms with Gasteiger partial charge in [0.2, 0.25) is 7.37 Å². The van der Waals surface area contributed by atoms with Crippen molar-refractivity contribution >= 4 is 7.37 Å². The summed E-state index contributed by atoms with van der Waals surface area (Å²) in [6, 6.07) is 0.565. The molecule has 13 heavy (non-hydrogen) atoms. The molecule has 0 bridgehead atoms. The van der Waals surface area contributed by atoms with Gasteiger partial charge >= 0.3 is 0 Å². The van der Waals surface area contributed by atoms with E-state index in [0.29, 0.717) is 12.6 Å². The SMILES string of the molecule is CCOP1(=O)CCN(C(C)C)CC1. The van der Waals surface area contributed by atoms with Crippen LogP contribution in [0.25, 0.3) is 0 Å². The normalized spacial score (nSPS) is 23.7. The van der Waals surface area contributed by atoms with Crippen LogP contribution in [0, 0.1) is 0 Å². The molecule has 1 heterocycles. The van der Waals surface area contributed by atoms with Crippen LogP contribution in [-0.2, 0) is 9.09 Å². The molecule has 0 aliphatic carbocycles. The summed E-state index contributed by atoms with van der Waals surface area (Å²) in [5, 5.41) is 0. The maximum absolute atomic E-state index is 12.0. The van der Waals surface area contributed by atoms with Crippen molar-refractivity contribution in [3.63, 3.8) is 0 Å². The van der Waals surface area contributed by atoms with Gasteiger partial charge in [0.15, 0.2) is 0 Å². The van der Waals surface area contributed by atoms with E-state index < -0.39 is 7.37 Å². The molecule has 78 valence electrons. The van der Waals surface area contributed by atoms with Gasteiger partial charge in [0.25, 0.3) is 0 Å². The summed E-state index contributed by atoms with van der Waals surface area (Å²) in [5.74, 6) is 0. The molecule has 1 saturated heterocycles. The van der Waals surface area contributed by atoms with Gasteiger partial charge in [-0.3, -0.25) is 9.46 Å². The van der Waals surface area contributed by atoms with Crippen LogP contribution >= 0.6 is 7.37 Å². The Bertz CT molecular complexity index is 194. The molecule has 1 rings (SSSR count). The van der Waals surface area contributed by atoms with Crippen LogP contribution in [0.2, 0.25) is 0 Å². The number of rotatable bonds is 3. The molecule has 1 aliphatic heterocycles. The molecule has 4 heteroatoms. The maximum atomic E-state index is 12.0. The van der Waals surface area contributed by atoms with E-state index in [9.17, 15) is 4.57 Å². The fourth-order valence-electron chi connectivity index (χ4n) is 1.67. The summed E-state index contributed by atoms with van der Waals surface area (Å²) in [7, 11) is -2.23. The zero-order valence-electron chi connectivity index (χ0n) is 8.82.